The fourth-order valence-electron chi connectivity index (χ4n) is 3.00. The zero-order valence-electron chi connectivity index (χ0n) is 15.2. The van der Waals surface area contributed by atoms with Gasteiger partial charge in [-0.15, -0.1) is 0 Å². The summed E-state index contributed by atoms with van der Waals surface area (Å²) in [6, 6.07) is 15.4. The Morgan fingerprint density at radius 3 is 2.19 bits per heavy atom. The number of carbonyl (C=O) groups is 3. The Morgan fingerprint density at radius 1 is 1.00 bits per heavy atom. The second-order valence-corrected chi connectivity index (χ2v) is 6.36. The maximum atomic E-state index is 12.6. The number of fused-ring (bicyclic) bond motifs is 1. The SMILES string of the molecule is CCCCOC(=O)N[C@@H](CN1C(=O)c2ccccc2C1=O)c1ccccc1. The molecule has 0 aliphatic carbocycles. The Labute approximate surface area is 158 Å². The summed E-state index contributed by atoms with van der Waals surface area (Å²) in [5, 5.41) is 2.78. The van der Waals surface area contributed by atoms with Crippen LogP contribution >= 0.6 is 0 Å². The van der Waals surface area contributed by atoms with Crippen molar-refractivity contribution in [3.05, 3.63) is 71.3 Å². The van der Waals surface area contributed by atoms with E-state index in [0.29, 0.717) is 17.7 Å². The van der Waals surface area contributed by atoms with Crippen molar-refractivity contribution in [3.63, 3.8) is 0 Å². The van der Waals surface area contributed by atoms with E-state index in [-0.39, 0.29) is 18.4 Å². The number of alkyl carbamates (subject to hydrolysis) is 1. The van der Waals surface area contributed by atoms with E-state index < -0.39 is 12.1 Å². The standard InChI is InChI=1S/C21H22N2O4/c1-2-3-13-27-21(26)22-18(15-9-5-4-6-10-15)14-23-19(24)16-11-7-8-12-17(16)20(23)25/h4-12,18H,2-3,13-14H2,1H3,(H,22,26)/t18-/m0/s1. The summed E-state index contributed by atoms with van der Waals surface area (Å²) in [4.78, 5) is 38.6. The van der Waals surface area contributed by atoms with Gasteiger partial charge in [0.25, 0.3) is 11.8 Å². The average molecular weight is 366 g/mol. The Bertz CT molecular complexity index is 800. The lowest BCUT2D eigenvalue weighted by Crippen LogP contribution is -2.41. The number of hydrogen-bond acceptors (Lipinski definition) is 4. The van der Waals surface area contributed by atoms with Gasteiger partial charge in [-0.1, -0.05) is 55.8 Å². The first kappa shape index (κ1) is 18.6. The summed E-state index contributed by atoms with van der Waals surface area (Å²) < 4.78 is 5.18. The number of imide groups is 1. The van der Waals surface area contributed by atoms with Crippen LogP contribution in [-0.4, -0.2) is 36.0 Å². The third kappa shape index (κ3) is 4.16. The van der Waals surface area contributed by atoms with Crippen LogP contribution in [0.4, 0.5) is 4.79 Å². The highest BCUT2D eigenvalue weighted by atomic mass is 16.5. The molecular formula is C21H22N2O4. The van der Waals surface area contributed by atoms with E-state index in [9.17, 15) is 14.4 Å². The minimum absolute atomic E-state index is 0.0409. The van der Waals surface area contributed by atoms with Crippen molar-refractivity contribution in [1.29, 1.82) is 0 Å². The molecule has 1 aliphatic rings. The molecule has 0 saturated carbocycles. The van der Waals surface area contributed by atoms with Crippen molar-refractivity contribution in [2.75, 3.05) is 13.2 Å². The lowest BCUT2D eigenvalue weighted by atomic mass is 10.1. The van der Waals surface area contributed by atoms with Crippen LogP contribution < -0.4 is 5.32 Å². The minimum Gasteiger partial charge on any atom is -0.450 e. The third-order valence-electron chi connectivity index (χ3n) is 4.47. The molecule has 6 heteroatoms. The highest BCUT2D eigenvalue weighted by molar-refractivity contribution is 6.21. The largest absolute Gasteiger partial charge is 0.450 e. The van der Waals surface area contributed by atoms with E-state index in [1.807, 2.05) is 37.3 Å². The van der Waals surface area contributed by atoms with Gasteiger partial charge >= 0.3 is 6.09 Å². The maximum Gasteiger partial charge on any atom is 0.407 e. The van der Waals surface area contributed by atoms with Crippen LogP contribution in [-0.2, 0) is 4.74 Å². The normalized spacial score (nSPS) is 14.0. The van der Waals surface area contributed by atoms with Gasteiger partial charge in [0.15, 0.2) is 0 Å². The van der Waals surface area contributed by atoms with Gasteiger partial charge in [-0.05, 0) is 24.1 Å². The molecule has 0 saturated heterocycles. The predicted octanol–water partition coefficient (Wildman–Crippen LogP) is 3.55. The molecule has 1 heterocycles. The number of benzene rings is 2. The number of nitrogens with one attached hydrogen (secondary N) is 1. The number of hydrogen-bond donors (Lipinski definition) is 1. The Morgan fingerprint density at radius 2 is 1.59 bits per heavy atom. The van der Waals surface area contributed by atoms with Gasteiger partial charge in [-0.3, -0.25) is 14.5 Å². The Kier molecular flexibility index (Phi) is 5.86. The van der Waals surface area contributed by atoms with Gasteiger partial charge < -0.3 is 10.1 Å². The van der Waals surface area contributed by atoms with Crippen molar-refractivity contribution in [3.8, 4) is 0 Å². The number of unbranched alkanes of at least 4 members (excludes halogenated alkanes) is 1. The monoisotopic (exact) mass is 366 g/mol. The van der Waals surface area contributed by atoms with Crippen molar-refractivity contribution in [2.24, 2.45) is 0 Å². The fourth-order valence-corrected chi connectivity index (χ4v) is 3.00. The second kappa shape index (κ2) is 8.49. The molecule has 0 bridgehead atoms. The Hall–Kier alpha value is -3.15. The predicted molar refractivity (Wildman–Crippen MR) is 100 cm³/mol. The van der Waals surface area contributed by atoms with Gasteiger partial charge in [-0.25, -0.2) is 4.79 Å². The van der Waals surface area contributed by atoms with E-state index in [0.717, 1.165) is 18.4 Å². The molecule has 6 nitrogen and oxygen atoms in total. The molecule has 3 rings (SSSR count). The first-order valence-corrected chi connectivity index (χ1v) is 9.05. The van der Waals surface area contributed by atoms with Gasteiger partial charge in [0, 0.05) is 0 Å². The van der Waals surface area contributed by atoms with Crippen LogP contribution in [0.25, 0.3) is 0 Å². The molecule has 2 aromatic rings. The van der Waals surface area contributed by atoms with Crippen LogP contribution in [0.1, 0.15) is 52.1 Å². The van der Waals surface area contributed by atoms with Crippen LogP contribution in [0, 0.1) is 0 Å². The molecule has 3 amide bonds. The molecule has 0 radical (unpaired) electrons. The molecule has 0 fully saturated rings. The first-order chi connectivity index (χ1) is 13.1. The lowest BCUT2D eigenvalue weighted by Gasteiger charge is -2.24. The van der Waals surface area contributed by atoms with Crippen molar-refractivity contribution in [2.45, 2.75) is 25.8 Å². The van der Waals surface area contributed by atoms with E-state index >= 15 is 0 Å². The highest BCUT2D eigenvalue weighted by Gasteiger charge is 2.37. The number of amides is 3. The van der Waals surface area contributed by atoms with Gasteiger partial charge in [-0.2, -0.15) is 0 Å². The molecule has 140 valence electrons. The van der Waals surface area contributed by atoms with Crippen LogP contribution in [0.3, 0.4) is 0 Å². The summed E-state index contributed by atoms with van der Waals surface area (Å²) >= 11 is 0. The molecule has 1 aliphatic heterocycles. The number of ether oxygens (including phenoxy) is 1. The number of nitrogens with zero attached hydrogens (tertiary/aromatic N) is 1. The van der Waals surface area contributed by atoms with Crippen molar-refractivity contribution in [1.82, 2.24) is 10.2 Å². The summed E-state index contributed by atoms with van der Waals surface area (Å²) in [7, 11) is 0. The molecule has 2 aromatic carbocycles. The average Bonchev–Trinajstić information content (AvgIpc) is 2.93. The fraction of sp³-hybridized carbons (Fsp3) is 0.286. The second-order valence-electron chi connectivity index (χ2n) is 6.36. The molecular weight excluding hydrogens is 344 g/mol. The topological polar surface area (TPSA) is 75.7 Å². The van der Waals surface area contributed by atoms with E-state index in [2.05, 4.69) is 5.32 Å². The summed E-state index contributed by atoms with van der Waals surface area (Å²) in [5.74, 6) is -0.699. The zero-order chi connectivity index (χ0) is 19.2. The third-order valence-corrected chi connectivity index (χ3v) is 4.47. The smallest absolute Gasteiger partial charge is 0.407 e. The van der Waals surface area contributed by atoms with E-state index in [1.54, 1.807) is 24.3 Å². The number of carbonyl (C=O) groups excluding carboxylic acids is 3. The van der Waals surface area contributed by atoms with Crippen molar-refractivity contribution < 1.29 is 19.1 Å². The summed E-state index contributed by atoms with van der Waals surface area (Å²) in [6.07, 6.45) is 1.14. The van der Waals surface area contributed by atoms with Crippen LogP contribution in [0.2, 0.25) is 0 Å². The quantitative estimate of drug-likeness (QED) is 0.601. The zero-order valence-corrected chi connectivity index (χ0v) is 15.2. The lowest BCUT2D eigenvalue weighted by molar-refractivity contribution is 0.0632. The Balaban J connectivity index is 1.77. The van der Waals surface area contributed by atoms with E-state index in [4.69, 9.17) is 4.74 Å². The maximum absolute atomic E-state index is 12.6. The number of rotatable bonds is 7. The summed E-state index contributed by atoms with van der Waals surface area (Å²) in [6.45, 7) is 2.38. The molecule has 0 aromatic heterocycles. The van der Waals surface area contributed by atoms with Gasteiger partial charge in [0.1, 0.15) is 0 Å². The van der Waals surface area contributed by atoms with Crippen LogP contribution in [0.5, 0.6) is 0 Å². The highest BCUT2D eigenvalue weighted by Crippen LogP contribution is 2.25. The first-order valence-electron chi connectivity index (χ1n) is 9.05. The van der Waals surface area contributed by atoms with Crippen molar-refractivity contribution >= 4 is 17.9 Å². The molecule has 1 N–H and O–H groups in total. The molecule has 0 unspecified atom stereocenters. The molecule has 0 spiro atoms. The molecule has 1 atom stereocenters. The van der Waals surface area contributed by atoms with Gasteiger partial charge in [0.05, 0.1) is 30.3 Å². The van der Waals surface area contributed by atoms with Gasteiger partial charge in [0.2, 0.25) is 0 Å². The van der Waals surface area contributed by atoms with E-state index in [1.165, 1.54) is 4.90 Å². The molecule has 27 heavy (non-hydrogen) atoms. The minimum atomic E-state index is -0.561. The summed E-state index contributed by atoms with van der Waals surface area (Å²) in [5.41, 5.74) is 1.57. The van der Waals surface area contributed by atoms with Crippen LogP contribution in [0.15, 0.2) is 54.6 Å².